The lowest BCUT2D eigenvalue weighted by Gasteiger charge is -2.17. The highest BCUT2D eigenvalue weighted by Crippen LogP contribution is 2.09. The first-order valence-corrected chi connectivity index (χ1v) is 4.95. The Morgan fingerprint density at radius 2 is 2.31 bits per heavy atom. The number of thiocarbonyl (C=S) groups is 1. The number of hydrogen-bond acceptors (Lipinski definition) is 1. The van der Waals surface area contributed by atoms with E-state index in [9.17, 15) is 0 Å². The van der Waals surface area contributed by atoms with Crippen LogP contribution in [0, 0.1) is 0 Å². The van der Waals surface area contributed by atoms with E-state index < -0.39 is 0 Å². The number of allylic oxidation sites excluding steroid dienone is 4. The molecule has 0 atom stereocenters. The van der Waals surface area contributed by atoms with Crippen molar-refractivity contribution in [2.24, 2.45) is 0 Å². The van der Waals surface area contributed by atoms with Crippen LogP contribution in [0.3, 0.4) is 0 Å². The maximum atomic E-state index is 5.15. The maximum absolute atomic E-state index is 5.15. The molecule has 0 radical (unpaired) electrons. The summed E-state index contributed by atoms with van der Waals surface area (Å²) in [6.07, 6.45) is 9.83. The van der Waals surface area contributed by atoms with Crippen LogP contribution in [-0.4, -0.2) is 24.1 Å². The van der Waals surface area contributed by atoms with Gasteiger partial charge in [0, 0.05) is 19.8 Å². The highest BCUT2D eigenvalue weighted by molar-refractivity contribution is 7.80. The summed E-state index contributed by atoms with van der Waals surface area (Å²) in [6.45, 7) is 0. The summed E-state index contributed by atoms with van der Waals surface area (Å²) in [5.74, 6) is 0. The van der Waals surface area contributed by atoms with E-state index in [1.807, 2.05) is 19.0 Å². The second-order valence-corrected chi connectivity index (χ2v) is 3.72. The van der Waals surface area contributed by atoms with Gasteiger partial charge in [0.15, 0.2) is 5.11 Å². The fraction of sp³-hybridized carbons (Fsp3) is 0.500. The zero-order valence-corrected chi connectivity index (χ0v) is 9.03. The average molecular weight is 196 g/mol. The maximum Gasteiger partial charge on any atom is 0.172 e. The van der Waals surface area contributed by atoms with Crippen LogP contribution in [0.1, 0.15) is 19.3 Å². The molecule has 72 valence electrons. The van der Waals surface area contributed by atoms with E-state index in [-0.39, 0.29) is 0 Å². The molecular weight excluding hydrogens is 180 g/mol. The molecule has 0 aromatic heterocycles. The largest absolute Gasteiger partial charge is 0.355 e. The third-order valence-electron chi connectivity index (χ3n) is 1.92. The number of hydrogen-bond donors (Lipinski definition) is 1. The van der Waals surface area contributed by atoms with Crippen molar-refractivity contribution >= 4 is 17.3 Å². The molecule has 1 rings (SSSR count). The quantitative estimate of drug-likeness (QED) is 0.646. The van der Waals surface area contributed by atoms with Crippen molar-refractivity contribution < 1.29 is 0 Å². The molecule has 1 aliphatic carbocycles. The molecule has 0 aromatic carbocycles. The minimum Gasteiger partial charge on any atom is -0.355 e. The van der Waals surface area contributed by atoms with Crippen LogP contribution in [0.25, 0.3) is 0 Å². The lowest BCUT2D eigenvalue weighted by atomic mass is 10.2. The third-order valence-corrected chi connectivity index (χ3v) is 2.39. The van der Waals surface area contributed by atoms with Crippen LogP contribution in [0.4, 0.5) is 0 Å². The Balaban J connectivity index is 2.48. The Morgan fingerprint density at radius 1 is 1.54 bits per heavy atom. The summed E-state index contributed by atoms with van der Waals surface area (Å²) in [6, 6.07) is 0. The Bertz CT molecular complexity index is 241. The van der Waals surface area contributed by atoms with E-state index >= 15 is 0 Å². The van der Waals surface area contributed by atoms with Crippen LogP contribution in [0.2, 0.25) is 0 Å². The highest BCUT2D eigenvalue weighted by atomic mass is 32.1. The fourth-order valence-electron chi connectivity index (χ4n) is 1.13. The Kier molecular flexibility index (Phi) is 3.96. The minimum atomic E-state index is 0.779. The van der Waals surface area contributed by atoms with Crippen LogP contribution >= 0.6 is 12.2 Å². The number of rotatable bonds is 1. The van der Waals surface area contributed by atoms with Gasteiger partial charge in [-0.1, -0.05) is 12.2 Å². The van der Waals surface area contributed by atoms with Crippen molar-refractivity contribution in [3.05, 3.63) is 23.9 Å². The van der Waals surface area contributed by atoms with Gasteiger partial charge in [0.1, 0.15) is 0 Å². The molecule has 0 saturated heterocycles. The highest BCUT2D eigenvalue weighted by Gasteiger charge is 2.02. The van der Waals surface area contributed by atoms with Gasteiger partial charge in [0.2, 0.25) is 0 Å². The third kappa shape index (κ3) is 3.59. The molecule has 0 spiro atoms. The van der Waals surface area contributed by atoms with Gasteiger partial charge in [-0.05, 0) is 37.6 Å². The summed E-state index contributed by atoms with van der Waals surface area (Å²) in [5, 5.41) is 4.00. The standard InChI is InChI=1S/C10H16N2S/c1-12(2)10(13)11-9-7-5-3-4-6-8-9/h3,5,7H,4,6,8H2,1-2H3,(H,11,13). The molecule has 1 aliphatic rings. The molecule has 1 N–H and O–H groups in total. The first-order valence-electron chi connectivity index (χ1n) is 4.54. The molecule has 3 heteroatoms. The molecule has 0 unspecified atom stereocenters. The molecule has 13 heavy (non-hydrogen) atoms. The van der Waals surface area contributed by atoms with E-state index in [4.69, 9.17) is 12.2 Å². The fourth-order valence-corrected chi connectivity index (χ4v) is 1.26. The molecule has 0 aliphatic heterocycles. The van der Waals surface area contributed by atoms with E-state index in [2.05, 4.69) is 23.5 Å². The molecule has 0 saturated carbocycles. The second kappa shape index (κ2) is 5.02. The topological polar surface area (TPSA) is 15.3 Å². The van der Waals surface area contributed by atoms with Crippen molar-refractivity contribution in [3.63, 3.8) is 0 Å². The van der Waals surface area contributed by atoms with Crippen molar-refractivity contribution in [1.29, 1.82) is 0 Å². The molecule has 0 bridgehead atoms. The first kappa shape index (κ1) is 10.3. The monoisotopic (exact) mass is 196 g/mol. The molecule has 0 amide bonds. The van der Waals surface area contributed by atoms with Crippen LogP contribution in [-0.2, 0) is 0 Å². The van der Waals surface area contributed by atoms with Gasteiger partial charge in [-0.15, -0.1) is 0 Å². The lowest BCUT2D eigenvalue weighted by Crippen LogP contribution is -2.33. The second-order valence-electron chi connectivity index (χ2n) is 3.34. The Labute approximate surface area is 85.3 Å². The number of nitrogens with zero attached hydrogens (tertiary/aromatic N) is 1. The summed E-state index contributed by atoms with van der Waals surface area (Å²) in [5.41, 5.74) is 1.22. The first-order chi connectivity index (χ1) is 6.20. The van der Waals surface area contributed by atoms with E-state index in [0.29, 0.717) is 0 Å². The molecule has 0 heterocycles. The lowest BCUT2D eigenvalue weighted by molar-refractivity contribution is 0.608. The van der Waals surface area contributed by atoms with Crippen LogP contribution < -0.4 is 5.32 Å². The predicted octanol–water partition coefficient (Wildman–Crippen LogP) is 2.05. The van der Waals surface area contributed by atoms with E-state index in [1.54, 1.807) is 0 Å². The minimum absolute atomic E-state index is 0.779. The summed E-state index contributed by atoms with van der Waals surface area (Å²) in [4.78, 5) is 1.91. The summed E-state index contributed by atoms with van der Waals surface area (Å²) < 4.78 is 0. The van der Waals surface area contributed by atoms with Crippen molar-refractivity contribution in [2.75, 3.05) is 14.1 Å². The zero-order chi connectivity index (χ0) is 9.68. The van der Waals surface area contributed by atoms with Gasteiger partial charge in [-0.2, -0.15) is 0 Å². The Morgan fingerprint density at radius 3 is 3.00 bits per heavy atom. The normalized spacial score (nSPS) is 16.0. The van der Waals surface area contributed by atoms with Gasteiger partial charge < -0.3 is 10.2 Å². The van der Waals surface area contributed by atoms with Gasteiger partial charge in [0.25, 0.3) is 0 Å². The van der Waals surface area contributed by atoms with Gasteiger partial charge >= 0.3 is 0 Å². The van der Waals surface area contributed by atoms with Crippen LogP contribution in [0.15, 0.2) is 23.9 Å². The summed E-state index contributed by atoms with van der Waals surface area (Å²) in [7, 11) is 3.89. The smallest absolute Gasteiger partial charge is 0.172 e. The molecule has 0 aromatic rings. The molecular formula is C10H16N2S. The van der Waals surface area contributed by atoms with E-state index in [1.165, 1.54) is 12.1 Å². The Hall–Kier alpha value is -0.830. The van der Waals surface area contributed by atoms with E-state index in [0.717, 1.165) is 18.0 Å². The molecule has 2 nitrogen and oxygen atoms in total. The predicted molar refractivity (Wildman–Crippen MR) is 60.5 cm³/mol. The zero-order valence-electron chi connectivity index (χ0n) is 8.21. The van der Waals surface area contributed by atoms with Gasteiger partial charge in [0.05, 0.1) is 0 Å². The summed E-state index contributed by atoms with van der Waals surface area (Å²) >= 11 is 5.15. The molecule has 0 fully saturated rings. The van der Waals surface area contributed by atoms with Gasteiger partial charge in [-0.25, -0.2) is 0 Å². The van der Waals surface area contributed by atoms with Gasteiger partial charge in [-0.3, -0.25) is 0 Å². The number of nitrogens with one attached hydrogen (secondary N) is 1. The SMILES string of the molecule is CN(C)C(=S)NC1=CC=CCCC1. The van der Waals surface area contributed by atoms with Crippen molar-refractivity contribution in [2.45, 2.75) is 19.3 Å². The average Bonchev–Trinajstić information content (AvgIpc) is 2.32. The van der Waals surface area contributed by atoms with Crippen molar-refractivity contribution in [3.8, 4) is 0 Å². The van der Waals surface area contributed by atoms with Crippen LogP contribution in [0.5, 0.6) is 0 Å². The van der Waals surface area contributed by atoms with Crippen molar-refractivity contribution in [1.82, 2.24) is 10.2 Å².